The van der Waals surface area contributed by atoms with Gasteiger partial charge in [0.15, 0.2) is 0 Å². The Labute approximate surface area is 125 Å². The molecule has 0 radical (unpaired) electrons. The van der Waals surface area contributed by atoms with E-state index in [4.69, 9.17) is 0 Å². The lowest BCUT2D eigenvalue weighted by Crippen LogP contribution is -2.37. The molecule has 1 aliphatic rings. The standard InChI is InChI=1S/C12H13FN2O4S2/c1-8-2-3-10(9(13)6-8)21(18,19)14-4-5-15-11(16)7-20-12(15)17/h2-3,6,14H,4-5,7H2,1H3. The zero-order valence-electron chi connectivity index (χ0n) is 11.1. The van der Waals surface area contributed by atoms with Gasteiger partial charge in [-0.15, -0.1) is 0 Å². The van der Waals surface area contributed by atoms with Crippen molar-refractivity contribution in [3.05, 3.63) is 29.6 Å². The minimum Gasteiger partial charge on any atom is -0.273 e. The molecule has 0 spiro atoms. The SMILES string of the molecule is Cc1ccc(S(=O)(=O)NCCN2C(=O)CSC2=O)c(F)c1. The smallest absolute Gasteiger partial charge is 0.273 e. The summed E-state index contributed by atoms with van der Waals surface area (Å²) in [6, 6.07) is 3.79. The van der Waals surface area contributed by atoms with Gasteiger partial charge in [-0.05, 0) is 24.6 Å². The number of aryl methyl sites for hydroxylation is 1. The summed E-state index contributed by atoms with van der Waals surface area (Å²) >= 11 is 0.872. The number of thioether (sulfide) groups is 1. The molecule has 6 nitrogen and oxygen atoms in total. The van der Waals surface area contributed by atoms with Gasteiger partial charge >= 0.3 is 0 Å². The van der Waals surface area contributed by atoms with Gasteiger partial charge in [0.2, 0.25) is 15.9 Å². The van der Waals surface area contributed by atoms with Crippen molar-refractivity contribution in [3.63, 3.8) is 0 Å². The second-order valence-electron chi connectivity index (χ2n) is 4.43. The van der Waals surface area contributed by atoms with Gasteiger partial charge in [0.05, 0.1) is 5.75 Å². The van der Waals surface area contributed by atoms with Gasteiger partial charge in [-0.3, -0.25) is 14.5 Å². The third-order valence-corrected chi connectivity index (χ3v) is 5.20. The molecule has 9 heteroatoms. The zero-order valence-corrected chi connectivity index (χ0v) is 12.8. The highest BCUT2D eigenvalue weighted by Gasteiger charge is 2.29. The predicted octanol–water partition coefficient (Wildman–Crippen LogP) is 1.11. The molecule has 1 heterocycles. The number of halogens is 1. The first-order chi connectivity index (χ1) is 9.81. The third kappa shape index (κ3) is 3.60. The summed E-state index contributed by atoms with van der Waals surface area (Å²) in [5, 5.41) is -0.402. The van der Waals surface area contributed by atoms with Crippen LogP contribution in [0.1, 0.15) is 5.56 Å². The molecule has 0 bridgehead atoms. The molecule has 2 rings (SSSR count). The van der Waals surface area contributed by atoms with E-state index >= 15 is 0 Å². The van der Waals surface area contributed by atoms with E-state index in [2.05, 4.69) is 4.72 Å². The van der Waals surface area contributed by atoms with Gasteiger partial charge < -0.3 is 0 Å². The molecule has 0 aromatic heterocycles. The third-order valence-electron chi connectivity index (χ3n) is 2.84. The van der Waals surface area contributed by atoms with E-state index < -0.39 is 26.0 Å². The fourth-order valence-corrected chi connectivity index (χ4v) is 3.62. The van der Waals surface area contributed by atoms with E-state index in [9.17, 15) is 22.4 Å². The summed E-state index contributed by atoms with van der Waals surface area (Å²) in [6.07, 6.45) is 0. The Morgan fingerprint density at radius 1 is 1.38 bits per heavy atom. The van der Waals surface area contributed by atoms with Gasteiger partial charge in [0.1, 0.15) is 10.7 Å². The Balaban J connectivity index is 2.02. The van der Waals surface area contributed by atoms with Crippen molar-refractivity contribution in [1.82, 2.24) is 9.62 Å². The van der Waals surface area contributed by atoms with E-state index in [1.807, 2.05) is 0 Å². The lowest BCUT2D eigenvalue weighted by Gasteiger charge is -2.13. The zero-order chi connectivity index (χ0) is 15.6. The fourth-order valence-electron chi connectivity index (χ4n) is 1.79. The summed E-state index contributed by atoms with van der Waals surface area (Å²) in [7, 11) is -4.02. The fraction of sp³-hybridized carbons (Fsp3) is 0.333. The number of rotatable bonds is 5. The Bertz CT molecular complexity index is 674. The van der Waals surface area contributed by atoms with Crippen LogP contribution in [0, 0.1) is 12.7 Å². The van der Waals surface area contributed by atoms with Gasteiger partial charge in [-0.1, -0.05) is 17.8 Å². The van der Waals surface area contributed by atoms with E-state index in [1.54, 1.807) is 6.92 Å². The summed E-state index contributed by atoms with van der Waals surface area (Å²) < 4.78 is 39.8. The molecule has 1 saturated heterocycles. The minimum absolute atomic E-state index is 0.0676. The molecule has 1 N–H and O–H groups in total. The number of imide groups is 1. The second kappa shape index (κ2) is 6.12. The van der Waals surface area contributed by atoms with Gasteiger partial charge in [0.25, 0.3) is 5.24 Å². The van der Waals surface area contributed by atoms with Crippen molar-refractivity contribution in [2.24, 2.45) is 0 Å². The average Bonchev–Trinajstić information content (AvgIpc) is 2.69. The summed E-state index contributed by atoms with van der Waals surface area (Å²) in [5.74, 6) is -1.13. The average molecular weight is 332 g/mol. The first-order valence-corrected chi connectivity index (χ1v) is 8.51. The number of sulfonamides is 1. The monoisotopic (exact) mass is 332 g/mol. The number of nitrogens with zero attached hydrogens (tertiary/aromatic N) is 1. The Morgan fingerprint density at radius 3 is 2.67 bits per heavy atom. The number of carbonyl (C=O) groups is 2. The first kappa shape index (κ1) is 15.9. The predicted molar refractivity (Wildman–Crippen MR) is 75.9 cm³/mol. The molecular weight excluding hydrogens is 319 g/mol. The van der Waals surface area contributed by atoms with E-state index in [0.717, 1.165) is 22.7 Å². The summed E-state index contributed by atoms with van der Waals surface area (Å²) in [5.41, 5.74) is 0.608. The number of carbonyl (C=O) groups excluding carboxylic acids is 2. The van der Waals surface area contributed by atoms with Gasteiger partial charge in [-0.25, -0.2) is 17.5 Å². The Hall–Kier alpha value is -1.45. The largest absolute Gasteiger partial charge is 0.288 e. The normalized spacial score (nSPS) is 15.8. The molecule has 1 fully saturated rings. The maximum Gasteiger partial charge on any atom is 0.288 e. The highest BCUT2D eigenvalue weighted by Crippen LogP contribution is 2.18. The van der Waals surface area contributed by atoms with Gasteiger partial charge in [-0.2, -0.15) is 0 Å². The molecule has 1 aromatic rings. The lowest BCUT2D eigenvalue weighted by atomic mass is 10.2. The number of hydrogen-bond acceptors (Lipinski definition) is 5. The quantitative estimate of drug-likeness (QED) is 0.873. The number of hydrogen-bond donors (Lipinski definition) is 1. The lowest BCUT2D eigenvalue weighted by molar-refractivity contribution is -0.124. The molecule has 1 aliphatic heterocycles. The summed E-state index contributed by atoms with van der Waals surface area (Å²) in [4.78, 5) is 23.2. The van der Waals surface area contributed by atoms with Crippen molar-refractivity contribution in [2.45, 2.75) is 11.8 Å². The Morgan fingerprint density at radius 2 is 2.10 bits per heavy atom. The number of nitrogens with one attached hydrogen (secondary N) is 1. The maximum absolute atomic E-state index is 13.7. The van der Waals surface area contributed by atoms with E-state index in [1.165, 1.54) is 12.1 Å². The van der Waals surface area contributed by atoms with Crippen LogP contribution in [0.25, 0.3) is 0 Å². The number of benzene rings is 1. The number of amides is 2. The maximum atomic E-state index is 13.7. The van der Waals surface area contributed by atoms with Crippen LogP contribution in [-0.4, -0.2) is 43.3 Å². The molecule has 1 aromatic carbocycles. The minimum atomic E-state index is -4.02. The highest BCUT2D eigenvalue weighted by molar-refractivity contribution is 8.14. The van der Waals surface area contributed by atoms with Crippen LogP contribution >= 0.6 is 11.8 Å². The molecule has 0 atom stereocenters. The van der Waals surface area contributed by atoms with Crippen LogP contribution in [0.4, 0.5) is 9.18 Å². The van der Waals surface area contributed by atoms with Crippen LogP contribution < -0.4 is 4.72 Å². The van der Waals surface area contributed by atoms with E-state index in [-0.39, 0.29) is 24.7 Å². The van der Waals surface area contributed by atoms with Gasteiger partial charge in [0, 0.05) is 13.1 Å². The van der Waals surface area contributed by atoms with Crippen molar-refractivity contribution in [2.75, 3.05) is 18.8 Å². The van der Waals surface area contributed by atoms with Crippen LogP contribution in [0.3, 0.4) is 0 Å². The van der Waals surface area contributed by atoms with Crippen LogP contribution in [0.2, 0.25) is 0 Å². The molecular formula is C12H13FN2O4S2. The highest BCUT2D eigenvalue weighted by atomic mass is 32.2. The first-order valence-electron chi connectivity index (χ1n) is 6.04. The topological polar surface area (TPSA) is 83.6 Å². The van der Waals surface area contributed by atoms with Crippen molar-refractivity contribution < 1.29 is 22.4 Å². The van der Waals surface area contributed by atoms with E-state index in [0.29, 0.717) is 5.56 Å². The second-order valence-corrected chi connectivity index (χ2v) is 7.09. The molecule has 21 heavy (non-hydrogen) atoms. The van der Waals surface area contributed by atoms with Crippen LogP contribution in [0.5, 0.6) is 0 Å². The summed E-state index contributed by atoms with van der Waals surface area (Å²) in [6.45, 7) is 1.42. The molecule has 0 unspecified atom stereocenters. The van der Waals surface area contributed by atoms with Crippen LogP contribution in [-0.2, 0) is 14.8 Å². The van der Waals surface area contributed by atoms with Crippen LogP contribution in [0.15, 0.2) is 23.1 Å². The molecule has 0 saturated carbocycles. The van der Waals surface area contributed by atoms with Crippen molar-refractivity contribution in [3.8, 4) is 0 Å². The molecule has 114 valence electrons. The molecule has 2 amide bonds. The van der Waals surface area contributed by atoms with Crippen molar-refractivity contribution >= 4 is 32.9 Å². The van der Waals surface area contributed by atoms with Crippen molar-refractivity contribution in [1.29, 1.82) is 0 Å². The molecule has 0 aliphatic carbocycles. The Kier molecular flexibility index (Phi) is 4.64.